The molecule has 0 aromatic carbocycles. The zero-order valence-electron chi connectivity index (χ0n) is 9.26. The number of rotatable bonds is 4. The maximum Gasteiger partial charge on any atom is 0.250 e. The van der Waals surface area contributed by atoms with Crippen molar-refractivity contribution in [3.05, 3.63) is 17.0 Å². The molecule has 1 aromatic rings. The van der Waals surface area contributed by atoms with Gasteiger partial charge in [-0.15, -0.1) is 11.3 Å². The SMILES string of the molecule is O=S(=O)(NC1CCCSC1)c1ccc(CO)s1. The second kappa shape index (κ2) is 5.71. The van der Waals surface area contributed by atoms with E-state index in [1.165, 1.54) is 0 Å². The Labute approximate surface area is 109 Å². The van der Waals surface area contributed by atoms with E-state index in [2.05, 4.69) is 4.72 Å². The first kappa shape index (κ1) is 13.4. The molecule has 1 atom stereocenters. The van der Waals surface area contributed by atoms with E-state index >= 15 is 0 Å². The van der Waals surface area contributed by atoms with Gasteiger partial charge in [0.05, 0.1) is 6.61 Å². The maximum atomic E-state index is 12.0. The molecule has 0 spiro atoms. The lowest BCUT2D eigenvalue weighted by Crippen LogP contribution is -2.37. The summed E-state index contributed by atoms with van der Waals surface area (Å²) in [5.74, 6) is 1.96. The molecule has 2 rings (SSSR count). The lowest BCUT2D eigenvalue weighted by Gasteiger charge is -2.21. The summed E-state index contributed by atoms with van der Waals surface area (Å²) in [6.45, 7) is -0.112. The van der Waals surface area contributed by atoms with Crippen LogP contribution in [-0.4, -0.2) is 31.1 Å². The van der Waals surface area contributed by atoms with Gasteiger partial charge in [0.25, 0.3) is 0 Å². The lowest BCUT2D eigenvalue weighted by molar-refractivity contribution is 0.285. The molecule has 1 fully saturated rings. The van der Waals surface area contributed by atoms with Gasteiger partial charge in [0.15, 0.2) is 0 Å². The average Bonchev–Trinajstić information content (AvgIpc) is 2.79. The van der Waals surface area contributed by atoms with Crippen LogP contribution in [0, 0.1) is 0 Å². The highest BCUT2D eigenvalue weighted by atomic mass is 32.2. The molecule has 1 aromatic heterocycles. The summed E-state index contributed by atoms with van der Waals surface area (Å²) >= 11 is 2.91. The summed E-state index contributed by atoms with van der Waals surface area (Å²) in [4.78, 5) is 0.670. The maximum absolute atomic E-state index is 12.0. The van der Waals surface area contributed by atoms with Crippen molar-refractivity contribution in [2.75, 3.05) is 11.5 Å². The van der Waals surface area contributed by atoms with Crippen LogP contribution in [0.15, 0.2) is 16.3 Å². The minimum Gasteiger partial charge on any atom is -0.391 e. The van der Waals surface area contributed by atoms with Crippen LogP contribution in [0.3, 0.4) is 0 Å². The van der Waals surface area contributed by atoms with Crippen LogP contribution in [0.2, 0.25) is 0 Å². The number of hydrogen-bond donors (Lipinski definition) is 2. The first-order chi connectivity index (χ1) is 8.12. The minimum absolute atomic E-state index is 0.0402. The highest BCUT2D eigenvalue weighted by molar-refractivity contribution is 7.99. The van der Waals surface area contributed by atoms with E-state index in [0.29, 0.717) is 4.88 Å². The van der Waals surface area contributed by atoms with Gasteiger partial charge >= 0.3 is 0 Å². The monoisotopic (exact) mass is 293 g/mol. The fourth-order valence-corrected chi connectivity index (χ4v) is 5.38. The zero-order chi connectivity index (χ0) is 12.3. The zero-order valence-corrected chi connectivity index (χ0v) is 11.7. The van der Waals surface area contributed by atoms with Gasteiger partial charge in [-0.25, -0.2) is 13.1 Å². The quantitative estimate of drug-likeness (QED) is 0.881. The van der Waals surface area contributed by atoms with Crippen molar-refractivity contribution in [3.8, 4) is 0 Å². The Morgan fingerprint density at radius 2 is 2.29 bits per heavy atom. The summed E-state index contributed by atoms with van der Waals surface area (Å²) in [6.07, 6.45) is 1.97. The third-order valence-electron chi connectivity index (χ3n) is 2.54. The molecule has 4 nitrogen and oxygen atoms in total. The molecule has 0 bridgehead atoms. The smallest absolute Gasteiger partial charge is 0.250 e. The Hall–Kier alpha value is -0.0800. The van der Waals surface area contributed by atoms with Crippen molar-refractivity contribution >= 4 is 33.1 Å². The summed E-state index contributed by atoms with van der Waals surface area (Å²) in [5.41, 5.74) is 0. The molecule has 17 heavy (non-hydrogen) atoms. The van der Waals surface area contributed by atoms with E-state index in [0.717, 1.165) is 35.7 Å². The fourth-order valence-electron chi connectivity index (χ4n) is 1.70. The van der Waals surface area contributed by atoms with E-state index in [9.17, 15) is 8.42 Å². The number of aliphatic hydroxyl groups excluding tert-OH is 1. The van der Waals surface area contributed by atoms with E-state index in [1.807, 2.05) is 0 Å². The Morgan fingerprint density at radius 1 is 1.47 bits per heavy atom. The van der Waals surface area contributed by atoms with Crippen LogP contribution in [0.4, 0.5) is 0 Å². The van der Waals surface area contributed by atoms with Gasteiger partial charge in [0.2, 0.25) is 10.0 Å². The van der Waals surface area contributed by atoms with E-state index < -0.39 is 10.0 Å². The lowest BCUT2D eigenvalue weighted by atomic mass is 10.2. The highest BCUT2D eigenvalue weighted by Crippen LogP contribution is 2.24. The Kier molecular flexibility index (Phi) is 4.48. The molecule has 96 valence electrons. The Bertz CT molecular complexity index is 463. The van der Waals surface area contributed by atoms with Crippen molar-refractivity contribution in [1.82, 2.24) is 4.72 Å². The average molecular weight is 293 g/mol. The van der Waals surface area contributed by atoms with Gasteiger partial charge in [-0.1, -0.05) is 0 Å². The van der Waals surface area contributed by atoms with Crippen LogP contribution in [0.25, 0.3) is 0 Å². The molecule has 1 aliphatic heterocycles. The van der Waals surface area contributed by atoms with Crippen LogP contribution in [0.1, 0.15) is 17.7 Å². The number of thiophene rings is 1. The molecule has 1 aliphatic rings. The molecule has 2 heterocycles. The first-order valence-corrected chi connectivity index (χ1v) is 8.87. The molecule has 7 heteroatoms. The van der Waals surface area contributed by atoms with Crippen molar-refractivity contribution in [1.29, 1.82) is 0 Å². The number of sulfonamides is 1. The number of nitrogens with one attached hydrogen (secondary N) is 1. The van der Waals surface area contributed by atoms with Crippen molar-refractivity contribution in [3.63, 3.8) is 0 Å². The summed E-state index contributed by atoms with van der Waals surface area (Å²) in [5, 5.41) is 8.93. The van der Waals surface area contributed by atoms with Gasteiger partial charge in [-0.3, -0.25) is 0 Å². The van der Waals surface area contributed by atoms with Gasteiger partial charge in [-0.05, 0) is 30.7 Å². The molecular weight excluding hydrogens is 278 g/mol. The van der Waals surface area contributed by atoms with Gasteiger partial charge < -0.3 is 5.11 Å². The number of aliphatic hydroxyl groups is 1. The van der Waals surface area contributed by atoms with Crippen molar-refractivity contribution < 1.29 is 13.5 Å². The topological polar surface area (TPSA) is 66.4 Å². The third kappa shape index (κ3) is 3.45. The molecule has 1 saturated heterocycles. The molecule has 1 unspecified atom stereocenters. The van der Waals surface area contributed by atoms with Crippen LogP contribution in [-0.2, 0) is 16.6 Å². The first-order valence-electron chi connectivity index (χ1n) is 5.41. The number of thioether (sulfide) groups is 1. The molecule has 0 amide bonds. The van der Waals surface area contributed by atoms with Crippen molar-refractivity contribution in [2.45, 2.75) is 29.7 Å². The normalized spacial score (nSPS) is 21.6. The Balaban J connectivity index is 2.07. The van der Waals surface area contributed by atoms with Gasteiger partial charge in [0.1, 0.15) is 4.21 Å². The van der Waals surface area contributed by atoms with Crippen molar-refractivity contribution in [2.24, 2.45) is 0 Å². The van der Waals surface area contributed by atoms with Crippen LogP contribution >= 0.6 is 23.1 Å². The van der Waals surface area contributed by atoms with Gasteiger partial charge in [0, 0.05) is 16.7 Å². The van der Waals surface area contributed by atoms with Crippen LogP contribution < -0.4 is 4.72 Å². The largest absolute Gasteiger partial charge is 0.391 e. The molecule has 0 saturated carbocycles. The predicted octanol–water partition coefficient (Wildman–Crippen LogP) is 1.41. The molecule has 0 radical (unpaired) electrons. The minimum atomic E-state index is -3.41. The fraction of sp³-hybridized carbons (Fsp3) is 0.600. The third-order valence-corrected chi connectivity index (χ3v) is 6.84. The second-order valence-electron chi connectivity index (χ2n) is 3.91. The van der Waals surface area contributed by atoms with E-state index in [-0.39, 0.29) is 16.9 Å². The summed E-state index contributed by atoms with van der Waals surface area (Å²) in [7, 11) is -3.41. The molecule has 0 aliphatic carbocycles. The Morgan fingerprint density at radius 3 is 2.88 bits per heavy atom. The van der Waals surface area contributed by atoms with Crippen LogP contribution in [0.5, 0.6) is 0 Å². The van der Waals surface area contributed by atoms with E-state index in [1.54, 1.807) is 23.9 Å². The summed E-state index contributed by atoms with van der Waals surface area (Å²) < 4.78 is 27.1. The second-order valence-corrected chi connectivity index (χ2v) is 8.17. The summed E-state index contributed by atoms with van der Waals surface area (Å²) in [6, 6.07) is 3.24. The molecule has 2 N–H and O–H groups in total. The number of hydrogen-bond acceptors (Lipinski definition) is 5. The van der Waals surface area contributed by atoms with E-state index in [4.69, 9.17) is 5.11 Å². The highest BCUT2D eigenvalue weighted by Gasteiger charge is 2.23. The molecular formula is C10H15NO3S3. The predicted molar refractivity (Wildman–Crippen MR) is 70.9 cm³/mol. The standard InChI is InChI=1S/C10H15NO3S3/c12-6-9-3-4-10(16-9)17(13,14)11-8-2-1-5-15-7-8/h3-4,8,11-12H,1-2,5-7H2. The van der Waals surface area contributed by atoms with Gasteiger partial charge in [-0.2, -0.15) is 11.8 Å².